The first-order valence-corrected chi connectivity index (χ1v) is 8.46. The predicted octanol–water partition coefficient (Wildman–Crippen LogP) is 3.04. The fourth-order valence-electron chi connectivity index (χ4n) is 3.13. The number of carbonyl (C=O) groups excluding carboxylic acids is 1. The maximum absolute atomic E-state index is 13.1. The van der Waals surface area contributed by atoms with Gasteiger partial charge in [0.25, 0.3) is 5.91 Å². The van der Waals surface area contributed by atoms with E-state index in [2.05, 4.69) is 10.1 Å². The highest BCUT2D eigenvalue weighted by molar-refractivity contribution is 6.03. The summed E-state index contributed by atoms with van der Waals surface area (Å²) in [6.07, 6.45) is 3.78. The molecule has 6 heteroatoms. The predicted molar refractivity (Wildman–Crippen MR) is 92.0 cm³/mol. The average Bonchev–Trinajstić information content (AvgIpc) is 3.31. The van der Waals surface area contributed by atoms with Crippen molar-refractivity contribution in [3.8, 4) is 0 Å². The van der Waals surface area contributed by atoms with E-state index in [9.17, 15) is 4.79 Å². The zero-order chi connectivity index (χ0) is 17.1. The van der Waals surface area contributed by atoms with E-state index in [1.165, 1.54) is 0 Å². The minimum atomic E-state index is -0.185. The summed E-state index contributed by atoms with van der Waals surface area (Å²) in [5.74, 6) is 0.0828. The summed E-state index contributed by atoms with van der Waals surface area (Å²) in [7, 11) is 0. The molecule has 0 spiro atoms. The van der Waals surface area contributed by atoms with E-state index in [4.69, 9.17) is 9.26 Å². The minimum absolute atomic E-state index is 0.0573. The van der Waals surface area contributed by atoms with Crippen LogP contribution in [-0.4, -0.2) is 40.2 Å². The smallest absolute Gasteiger partial charge is 0.293 e. The number of ether oxygens (including phenoxy) is 1. The molecule has 0 radical (unpaired) electrons. The van der Waals surface area contributed by atoms with Crippen LogP contribution in [0.2, 0.25) is 0 Å². The number of hydrogen-bond donors (Lipinski definition) is 0. The molecule has 2 aromatic heterocycles. The van der Waals surface area contributed by atoms with Crippen LogP contribution < -0.4 is 0 Å². The lowest BCUT2D eigenvalue weighted by Gasteiger charge is -2.24. The Kier molecular flexibility index (Phi) is 4.43. The zero-order valence-corrected chi connectivity index (χ0v) is 13.8. The van der Waals surface area contributed by atoms with Gasteiger partial charge in [0.15, 0.2) is 0 Å². The first kappa shape index (κ1) is 15.8. The second-order valence-corrected chi connectivity index (χ2v) is 6.17. The van der Waals surface area contributed by atoms with Crippen LogP contribution in [0.15, 0.2) is 53.2 Å². The molecule has 3 aromatic rings. The Morgan fingerprint density at radius 3 is 2.88 bits per heavy atom. The van der Waals surface area contributed by atoms with Crippen LogP contribution in [0, 0.1) is 0 Å². The monoisotopic (exact) mass is 337 g/mol. The number of amides is 1. The first-order valence-electron chi connectivity index (χ1n) is 8.46. The first-order chi connectivity index (χ1) is 12.3. The molecule has 1 saturated heterocycles. The van der Waals surface area contributed by atoms with Crippen molar-refractivity contribution >= 4 is 16.8 Å². The molecule has 0 N–H and O–H groups in total. The lowest BCUT2D eigenvalue weighted by atomic mass is 10.1. The quantitative estimate of drug-likeness (QED) is 0.716. The summed E-state index contributed by atoms with van der Waals surface area (Å²) in [6.45, 7) is 1.68. The van der Waals surface area contributed by atoms with Gasteiger partial charge in [-0.1, -0.05) is 23.4 Å². The summed E-state index contributed by atoms with van der Waals surface area (Å²) >= 11 is 0. The Morgan fingerprint density at radius 2 is 2.08 bits per heavy atom. The Hall–Kier alpha value is -2.73. The van der Waals surface area contributed by atoms with Crippen molar-refractivity contribution in [1.82, 2.24) is 15.0 Å². The van der Waals surface area contributed by atoms with E-state index in [1.807, 2.05) is 42.5 Å². The summed E-state index contributed by atoms with van der Waals surface area (Å²) in [5, 5.41) is 4.72. The van der Waals surface area contributed by atoms with Gasteiger partial charge >= 0.3 is 0 Å². The zero-order valence-electron chi connectivity index (χ0n) is 13.8. The van der Waals surface area contributed by atoms with Gasteiger partial charge in [-0.25, -0.2) is 0 Å². The van der Waals surface area contributed by atoms with E-state index >= 15 is 0 Å². The fourth-order valence-corrected chi connectivity index (χ4v) is 3.13. The van der Waals surface area contributed by atoms with E-state index in [-0.39, 0.29) is 17.8 Å². The fraction of sp³-hybridized carbons (Fsp3) is 0.316. The van der Waals surface area contributed by atoms with Gasteiger partial charge in [0.05, 0.1) is 23.7 Å². The van der Waals surface area contributed by atoms with Crippen molar-refractivity contribution < 1.29 is 14.1 Å². The molecule has 1 fully saturated rings. The van der Waals surface area contributed by atoms with Crippen LogP contribution in [0.1, 0.15) is 29.1 Å². The molecular formula is C19H19N3O3. The number of rotatable bonds is 5. The molecule has 1 amide bonds. The second-order valence-electron chi connectivity index (χ2n) is 6.17. The largest absolute Gasteiger partial charge is 0.376 e. The van der Waals surface area contributed by atoms with Gasteiger partial charge in [-0.15, -0.1) is 0 Å². The van der Waals surface area contributed by atoms with Crippen LogP contribution in [0.5, 0.6) is 0 Å². The van der Waals surface area contributed by atoms with Gasteiger partial charge in [0.1, 0.15) is 5.52 Å². The van der Waals surface area contributed by atoms with Crippen LogP contribution in [0.4, 0.5) is 0 Å². The molecule has 6 nitrogen and oxygen atoms in total. The lowest BCUT2D eigenvalue weighted by Crippen LogP contribution is -2.37. The Morgan fingerprint density at radius 1 is 1.20 bits per heavy atom. The maximum atomic E-state index is 13.1. The number of fused-ring (bicyclic) bond motifs is 1. The van der Waals surface area contributed by atoms with Crippen molar-refractivity contribution in [2.75, 3.05) is 13.2 Å². The molecule has 1 aliphatic rings. The van der Waals surface area contributed by atoms with Crippen molar-refractivity contribution in [1.29, 1.82) is 0 Å². The topological polar surface area (TPSA) is 68.5 Å². The normalized spacial score (nSPS) is 17.0. The minimum Gasteiger partial charge on any atom is -0.376 e. The van der Waals surface area contributed by atoms with Gasteiger partial charge in [0.2, 0.25) is 5.76 Å². The lowest BCUT2D eigenvalue weighted by molar-refractivity contribution is 0.0476. The number of carbonyl (C=O) groups is 1. The number of pyridine rings is 1. The Bertz CT molecular complexity index is 856. The highest BCUT2D eigenvalue weighted by Crippen LogP contribution is 2.22. The van der Waals surface area contributed by atoms with Gasteiger partial charge in [-0.05, 0) is 37.1 Å². The molecule has 1 atom stereocenters. The van der Waals surface area contributed by atoms with Crippen LogP contribution in [0.25, 0.3) is 10.9 Å². The van der Waals surface area contributed by atoms with Crippen molar-refractivity contribution in [2.24, 2.45) is 0 Å². The number of hydrogen-bond acceptors (Lipinski definition) is 5. The van der Waals surface area contributed by atoms with Crippen molar-refractivity contribution in [3.05, 3.63) is 60.1 Å². The summed E-state index contributed by atoms with van der Waals surface area (Å²) < 4.78 is 11.1. The molecular weight excluding hydrogens is 318 g/mol. The molecule has 0 unspecified atom stereocenters. The molecule has 0 bridgehead atoms. The third-order valence-electron chi connectivity index (χ3n) is 4.39. The molecule has 1 aliphatic heterocycles. The summed E-state index contributed by atoms with van der Waals surface area (Å²) in [4.78, 5) is 19.2. The molecule has 0 saturated carbocycles. The SMILES string of the molecule is O=C(c1onc2ccccc12)N(Cc1ccccn1)C[C@H]1CCCO1. The Labute approximate surface area is 145 Å². The molecule has 25 heavy (non-hydrogen) atoms. The number of aromatic nitrogens is 2. The van der Waals surface area contributed by atoms with Gasteiger partial charge in [0, 0.05) is 19.3 Å². The third kappa shape index (κ3) is 3.39. The van der Waals surface area contributed by atoms with Crippen LogP contribution in [-0.2, 0) is 11.3 Å². The van der Waals surface area contributed by atoms with Gasteiger partial charge in [-0.2, -0.15) is 0 Å². The molecule has 1 aromatic carbocycles. The maximum Gasteiger partial charge on any atom is 0.293 e. The van der Waals surface area contributed by atoms with Gasteiger partial charge in [-0.3, -0.25) is 9.78 Å². The van der Waals surface area contributed by atoms with Crippen molar-refractivity contribution in [2.45, 2.75) is 25.5 Å². The van der Waals surface area contributed by atoms with E-state index < -0.39 is 0 Å². The van der Waals surface area contributed by atoms with Crippen LogP contribution in [0.3, 0.4) is 0 Å². The van der Waals surface area contributed by atoms with Gasteiger partial charge < -0.3 is 14.2 Å². The Balaban J connectivity index is 1.62. The highest BCUT2D eigenvalue weighted by Gasteiger charge is 2.27. The second kappa shape index (κ2) is 7.03. The summed E-state index contributed by atoms with van der Waals surface area (Å²) in [5.41, 5.74) is 1.51. The average molecular weight is 337 g/mol. The molecule has 3 heterocycles. The van der Waals surface area contributed by atoms with E-state index in [0.717, 1.165) is 30.5 Å². The van der Waals surface area contributed by atoms with E-state index in [1.54, 1.807) is 11.1 Å². The molecule has 4 rings (SSSR count). The third-order valence-corrected chi connectivity index (χ3v) is 4.39. The highest BCUT2D eigenvalue weighted by atomic mass is 16.5. The number of benzene rings is 1. The van der Waals surface area contributed by atoms with Crippen LogP contribution >= 0.6 is 0 Å². The standard InChI is InChI=1S/C19H19N3O3/c23-19(18-16-8-1-2-9-17(16)21-25-18)22(13-15-7-5-11-24-15)12-14-6-3-4-10-20-14/h1-4,6,8-10,15H,5,7,11-13H2/t15-/m1/s1. The molecule has 128 valence electrons. The number of nitrogens with zero attached hydrogens (tertiary/aromatic N) is 3. The molecule has 0 aliphatic carbocycles. The summed E-state index contributed by atoms with van der Waals surface area (Å²) in [6, 6.07) is 13.1. The van der Waals surface area contributed by atoms with E-state index in [0.29, 0.717) is 18.6 Å². The van der Waals surface area contributed by atoms with Crippen molar-refractivity contribution in [3.63, 3.8) is 0 Å².